The highest BCUT2D eigenvalue weighted by molar-refractivity contribution is 7.47. The molecule has 0 heterocycles. The fourth-order valence-electron chi connectivity index (χ4n) is 6.21. The summed E-state index contributed by atoms with van der Waals surface area (Å²) in [6, 6.07) is 0. The molecule has 0 aliphatic carbocycles. The van der Waals surface area contributed by atoms with E-state index >= 15 is 0 Å². The van der Waals surface area contributed by atoms with Crippen molar-refractivity contribution in [2.24, 2.45) is 0 Å². The van der Waals surface area contributed by atoms with Gasteiger partial charge in [0, 0.05) is 12.8 Å². The number of nitrogens with zero attached hydrogens (tertiary/aromatic N) is 1. The Hall–Kier alpha value is -2.55. The van der Waals surface area contributed by atoms with Gasteiger partial charge in [0.2, 0.25) is 0 Å². The number of rotatable bonds is 43. The molecule has 2 atom stereocenters. The van der Waals surface area contributed by atoms with Gasteiger partial charge >= 0.3 is 19.8 Å². The predicted molar refractivity (Wildman–Crippen MR) is 256 cm³/mol. The highest BCUT2D eigenvalue weighted by Gasteiger charge is 2.27. The Balaban J connectivity index is 4.32. The number of hydrogen-bond acceptors (Lipinski definition) is 7. The fourth-order valence-corrected chi connectivity index (χ4v) is 6.95. The number of unbranched alkanes of at least 4 members (excludes halogenated alkanes) is 17. The standard InChI is InChI=1S/C51H90NO8P/c1-6-8-10-12-14-16-18-20-22-23-24-25-26-27-28-29-30-32-34-36-38-40-42-44-51(54)60-49(48-59-61(55,56)58-46-45-52(3,4)5)47-57-50(53)43-41-39-37-35-33-31-21-19-17-15-13-11-9-7-2/h8,10,14,16,19-22,24-25,27-28,49H,6-7,9,11-13,15,17-18,23,26,29-48H2,1-5H3/p+1/b10-8-,16-14-,21-19-,22-20-,25-24-,28-27-. The lowest BCUT2D eigenvalue weighted by molar-refractivity contribution is -0.870. The number of quaternary nitrogens is 1. The van der Waals surface area contributed by atoms with Gasteiger partial charge in [0.15, 0.2) is 6.10 Å². The molecule has 0 saturated carbocycles. The van der Waals surface area contributed by atoms with Crippen LogP contribution in [0.15, 0.2) is 72.9 Å². The zero-order chi connectivity index (χ0) is 45.0. The second-order valence-electron chi connectivity index (χ2n) is 17.1. The van der Waals surface area contributed by atoms with Gasteiger partial charge in [0.25, 0.3) is 0 Å². The number of carbonyl (C=O) groups excluding carboxylic acids is 2. The van der Waals surface area contributed by atoms with Crippen LogP contribution in [-0.4, -0.2) is 74.9 Å². The SMILES string of the molecule is CC/C=C\C/C=C\C/C=C\C/C=C\C/C=C\CCCCCCCCCC(=O)OC(COC(=O)CCCCCCC/C=C\CCCCCCC)COP(=O)(O)OCC[N+](C)(C)C. The molecule has 9 nitrogen and oxygen atoms in total. The summed E-state index contributed by atoms with van der Waals surface area (Å²) < 4.78 is 34.4. The van der Waals surface area contributed by atoms with Gasteiger partial charge < -0.3 is 18.9 Å². The van der Waals surface area contributed by atoms with Crippen molar-refractivity contribution in [2.75, 3.05) is 47.5 Å². The minimum absolute atomic E-state index is 0.0247. The van der Waals surface area contributed by atoms with Gasteiger partial charge in [-0.15, -0.1) is 0 Å². The third-order valence-electron chi connectivity index (χ3n) is 9.97. The predicted octanol–water partition coefficient (Wildman–Crippen LogP) is 14.2. The maximum atomic E-state index is 12.7. The van der Waals surface area contributed by atoms with Gasteiger partial charge in [-0.1, -0.05) is 164 Å². The first-order valence-corrected chi connectivity index (χ1v) is 25.7. The largest absolute Gasteiger partial charge is 0.472 e. The summed E-state index contributed by atoms with van der Waals surface area (Å²) in [6.45, 7) is 4.27. The summed E-state index contributed by atoms with van der Waals surface area (Å²) in [5, 5.41) is 0. The van der Waals surface area contributed by atoms with Crippen LogP contribution in [0.2, 0.25) is 0 Å². The first kappa shape index (κ1) is 58.5. The molecule has 61 heavy (non-hydrogen) atoms. The van der Waals surface area contributed by atoms with Crippen LogP contribution in [0.1, 0.15) is 187 Å². The van der Waals surface area contributed by atoms with Crippen molar-refractivity contribution >= 4 is 19.8 Å². The van der Waals surface area contributed by atoms with Crippen molar-refractivity contribution < 1.29 is 42.1 Å². The van der Waals surface area contributed by atoms with Crippen LogP contribution in [-0.2, 0) is 32.7 Å². The van der Waals surface area contributed by atoms with E-state index in [1.165, 1.54) is 57.8 Å². The summed E-state index contributed by atoms with van der Waals surface area (Å²) in [5.74, 6) is -0.825. The molecular formula is C51H91NO8P+. The lowest BCUT2D eigenvalue weighted by Crippen LogP contribution is -2.37. The number of phosphoric ester groups is 1. The molecule has 0 amide bonds. The van der Waals surface area contributed by atoms with Crippen molar-refractivity contribution in [1.82, 2.24) is 0 Å². The highest BCUT2D eigenvalue weighted by Crippen LogP contribution is 2.43. The Morgan fingerprint density at radius 3 is 1.41 bits per heavy atom. The summed E-state index contributed by atoms with van der Waals surface area (Å²) in [5.41, 5.74) is 0. The second-order valence-corrected chi connectivity index (χ2v) is 18.6. The van der Waals surface area contributed by atoms with Gasteiger partial charge in [-0.05, 0) is 83.5 Å². The molecule has 1 N–H and O–H groups in total. The van der Waals surface area contributed by atoms with Crippen LogP contribution in [0, 0.1) is 0 Å². The van der Waals surface area contributed by atoms with E-state index < -0.39 is 26.5 Å². The lowest BCUT2D eigenvalue weighted by Gasteiger charge is -2.24. The third-order valence-corrected chi connectivity index (χ3v) is 11.0. The molecule has 0 aliphatic heterocycles. The maximum absolute atomic E-state index is 12.7. The van der Waals surface area contributed by atoms with Crippen LogP contribution in [0.5, 0.6) is 0 Å². The Morgan fingerprint density at radius 1 is 0.525 bits per heavy atom. The van der Waals surface area contributed by atoms with E-state index in [1.54, 1.807) is 0 Å². The molecule has 2 unspecified atom stereocenters. The highest BCUT2D eigenvalue weighted by atomic mass is 31.2. The van der Waals surface area contributed by atoms with Crippen molar-refractivity contribution in [3.05, 3.63) is 72.9 Å². The maximum Gasteiger partial charge on any atom is 0.472 e. The van der Waals surface area contributed by atoms with Gasteiger partial charge in [-0.2, -0.15) is 0 Å². The average molecular weight is 877 g/mol. The second kappa shape index (κ2) is 42.7. The minimum atomic E-state index is -4.39. The monoisotopic (exact) mass is 877 g/mol. The number of hydrogen-bond donors (Lipinski definition) is 1. The van der Waals surface area contributed by atoms with Crippen LogP contribution < -0.4 is 0 Å². The Morgan fingerprint density at radius 2 is 0.934 bits per heavy atom. The molecular weight excluding hydrogens is 786 g/mol. The van der Waals surface area contributed by atoms with Gasteiger partial charge in [0.1, 0.15) is 19.8 Å². The van der Waals surface area contributed by atoms with Crippen molar-refractivity contribution in [3.8, 4) is 0 Å². The number of allylic oxidation sites excluding steroid dienone is 12. The number of esters is 2. The normalized spacial score (nSPS) is 14.1. The Bertz CT molecular complexity index is 1270. The van der Waals surface area contributed by atoms with E-state index in [-0.39, 0.29) is 32.0 Å². The van der Waals surface area contributed by atoms with Crippen LogP contribution in [0.3, 0.4) is 0 Å². The first-order chi connectivity index (χ1) is 29.5. The summed E-state index contributed by atoms with van der Waals surface area (Å²) in [6.07, 6.45) is 53.7. The molecule has 0 aromatic heterocycles. The topological polar surface area (TPSA) is 108 Å². The van der Waals surface area contributed by atoms with E-state index in [2.05, 4.69) is 86.8 Å². The van der Waals surface area contributed by atoms with Gasteiger partial charge in [0.05, 0.1) is 27.7 Å². The quantitative estimate of drug-likeness (QED) is 0.0212. The zero-order valence-corrected chi connectivity index (χ0v) is 40.5. The molecule has 0 spiro atoms. The number of carbonyl (C=O) groups is 2. The van der Waals surface area contributed by atoms with Crippen LogP contribution in [0.25, 0.3) is 0 Å². The van der Waals surface area contributed by atoms with E-state index in [4.69, 9.17) is 18.5 Å². The average Bonchev–Trinajstić information content (AvgIpc) is 3.21. The number of phosphoric acid groups is 1. The van der Waals surface area contributed by atoms with E-state index in [0.29, 0.717) is 17.4 Å². The van der Waals surface area contributed by atoms with E-state index in [0.717, 1.165) is 96.3 Å². The number of likely N-dealkylation sites (N-methyl/N-ethyl adjacent to an activating group) is 1. The summed E-state index contributed by atoms with van der Waals surface area (Å²) >= 11 is 0. The smallest absolute Gasteiger partial charge is 0.462 e. The molecule has 0 rings (SSSR count). The lowest BCUT2D eigenvalue weighted by atomic mass is 10.1. The number of ether oxygens (including phenoxy) is 2. The third kappa shape index (κ3) is 46.8. The van der Waals surface area contributed by atoms with Crippen molar-refractivity contribution in [1.29, 1.82) is 0 Å². The van der Waals surface area contributed by atoms with Gasteiger partial charge in [-0.25, -0.2) is 4.57 Å². The molecule has 0 fully saturated rings. The molecule has 0 saturated heterocycles. The van der Waals surface area contributed by atoms with Crippen LogP contribution in [0.4, 0.5) is 0 Å². The minimum Gasteiger partial charge on any atom is -0.462 e. The van der Waals surface area contributed by atoms with Gasteiger partial charge in [-0.3, -0.25) is 18.6 Å². The Labute approximate surface area is 374 Å². The molecule has 0 aliphatic rings. The van der Waals surface area contributed by atoms with E-state index in [1.807, 2.05) is 21.1 Å². The zero-order valence-electron chi connectivity index (χ0n) is 39.6. The van der Waals surface area contributed by atoms with Crippen molar-refractivity contribution in [3.63, 3.8) is 0 Å². The molecule has 0 bridgehead atoms. The Kier molecular flexibility index (Phi) is 40.9. The summed E-state index contributed by atoms with van der Waals surface area (Å²) in [4.78, 5) is 35.5. The van der Waals surface area contributed by atoms with Crippen molar-refractivity contribution in [2.45, 2.75) is 193 Å². The molecule has 10 heteroatoms. The first-order valence-electron chi connectivity index (χ1n) is 24.2. The van der Waals surface area contributed by atoms with Crippen LogP contribution >= 0.6 is 7.82 Å². The molecule has 0 aromatic carbocycles. The molecule has 0 radical (unpaired) electrons. The molecule has 352 valence electrons. The van der Waals surface area contributed by atoms with E-state index in [9.17, 15) is 19.0 Å². The fraction of sp³-hybridized carbons (Fsp3) is 0.725. The summed E-state index contributed by atoms with van der Waals surface area (Å²) in [7, 11) is 1.45. The molecule has 0 aromatic rings.